The molecule has 0 aromatic heterocycles. The van der Waals surface area contributed by atoms with Crippen LogP contribution in [0.25, 0.3) is 0 Å². The Balaban J connectivity index is 2.22. The quantitative estimate of drug-likeness (QED) is 0.774. The highest BCUT2D eigenvalue weighted by Crippen LogP contribution is 2.35. The van der Waals surface area contributed by atoms with E-state index in [2.05, 4.69) is 0 Å². The molecule has 1 aliphatic heterocycles. The van der Waals surface area contributed by atoms with Crippen LogP contribution in [0, 0.1) is 5.41 Å². The van der Waals surface area contributed by atoms with Crippen molar-refractivity contribution >= 4 is 11.6 Å². The fourth-order valence-corrected chi connectivity index (χ4v) is 2.51. The number of nitrogens with two attached hydrogens (primary N) is 1. The molecule has 0 spiro atoms. The topological polar surface area (TPSA) is 46.3 Å². The standard InChI is InChI=1S/C15H22N2O/c1-15(2,3)14(18)17-10-4-5-13(17)11-6-8-12(16)9-7-11/h6-9,13H,4-5,10,16H2,1-3H3. The van der Waals surface area contributed by atoms with Crippen molar-refractivity contribution in [2.24, 2.45) is 5.41 Å². The van der Waals surface area contributed by atoms with E-state index in [9.17, 15) is 4.79 Å². The van der Waals surface area contributed by atoms with E-state index >= 15 is 0 Å². The SMILES string of the molecule is CC(C)(C)C(=O)N1CCCC1c1ccc(N)cc1. The van der Waals surface area contributed by atoms with Crippen LogP contribution in [-0.2, 0) is 4.79 Å². The maximum absolute atomic E-state index is 12.4. The van der Waals surface area contributed by atoms with Crippen LogP contribution in [0.5, 0.6) is 0 Å². The summed E-state index contributed by atoms with van der Waals surface area (Å²) in [7, 11) is 0. The lowest BCUT2D eigenvalue weighted by Gasteiger charge is -2.31. The molecule has 1 amide bonds. The van der Waals surface area contributed by atoms with E-state index in [1.54, 1.807) is 0 Å². The number of carbonyl (C=O) groups excluding carboxylic acids is 1. The molecular formula is C15H22N2O. The number of amides is 1. The van der Waals surface area contributed by atoms with Crippen molar-refractivity contribution in [3.63, 3.8) is 0 Å². The summed E-state index contributed by atoms with van der Waals surface area (Å²) >= 11 is 0. The van der Waals surface area contributed by atoms with Gasteiger partial charge in [0, 0.05) is 17.6 Å². The molecule has 0 bridgehead atoms. The first-order valence-corrected chi connectivity index (χ1v) is 6.56. The van der Waals surface area contributed by atoms with E-state index in [4.69, 9.17) is 5.73 Å². The summed E-state index contributed by atoms with van der Waals surface area (Å²) in [5, 5.41) is 0. The fourth-order valence-electron chi connectivity index (χ4n) is 2.51. The van der Waals surface area contributed by atoms with Crippen molar-refractivity contribution in [1.82, 2.24) is 4.90 Å². The number of rotatable bonds is 1. The Bertz CT molecular complexity index is 431. The molecule has 0 aliphatic carbocycles. The first kappa shape index (κ1) is 12.9. The lowest BCUT2D eigenvalue weighted by atomic mass is 9.93. The second-order valence-electron chi connectivity index (χ2n) is 6.07. The Morgan fingerprint density at radius 2 is 1.89 bits per heavy atom. The normalized spacial score (nSPS) is 20.2. The van der Waals surface area contributed by atoms with Gasteiger partial charge in [-0.05, 0) is 30.5 Å². The van der Waals surface area contributed by atoms with Gasteiger partial charge < -0.3 is 10.6 Å². The molecule has 1 aliphatic rings. The predicted molar refractivity (Wildman–Crippen MR) is 74.0 cm³/mol. The van der Waals surface area contributed by atoms with Gasteiger partial charge in [0.25, 0.3) is 0 Å². The number of nitrogens with zero attached hydrogens (tertiary/aromatic N) is 1. The van der Waals surface area contributed by atoms with Crippen molar-refractivity contribution in [3.05, 3.63) is 29.8 Å². The van der Waals surface area contributed by atoms with Crippen LogP contribution in [0.4, 0.5) is 5.69 Å². The molecule has 1 saturated heterocycles. The summed E-state index contributed by atoms with van der Waals surface area (Å²) in [5.41, 5.74) is 7.36. The largest absolute Gasteiger partial charge is 0.399 e. The molecule has 1 fully saturated rings. The van der Waals surface area contributed by atoms with Crippen LogP contribution in [-0.4, -0.2) is 17.4 Å². The van der Waals surface area contributed by atoms with Crippen LogP contribution in [0.15, 0.2) is 24.3 Å². The van der Waals surface area contributed by atoms with Crippen LogP contribution in [0.1, 0.15) is 45.2 Å². The minimum atomic E-state index is -0.309. The van der Waals surface area contributed by atoms with Gasteiger partial charge in [-0.1, -0.05) is 32.9 Å². The van der Waals surface area contributed by atoms with E-state index < -0.39 is 0 Å². The van der Waals surface area contributed by atoms with Gasteiger partial charge in [0.15, 0.2) is 0 Å². The molecule has 1 aromatic carbocycles. The minimum absolute atomic E-state index is 0.220. The molecule has 2 N–H and O–H groups in total. The molecule has 3 nitrogen and oxygen atoms in total. The van der Waals surface area contributed by atoms with E-state index in [-0.39, 0.29) is 17.4 Å². The molecule has 98 valence electrons. The van der Waals surface area contributed by atoms with E-state index in [1.165, 1.54) is 5.56 Å². The van der Waals surface area contributed by atoms with E-state index in [0.717, 1.165) is 25.1 Å². The monoisotopic (exact) mass is 246 g/mol. The molecule has 18 heavy (non-hydrogen) atoms. The van der Waals surface area contributed by atoms with Gasteiger partial charge in [0.1, 0.15) is 0 Å². The number of anilines is 1. The summed E-state index contributed by atoms with van der Waals surface area (Å²) in [6.07, 6.45) is 2.13. The number of hydrogen-bond acceptors (Lipinski definition) is 2. The van der Waals surface area contributed by atoms with Crippen LogP contribution in [0.3, 0.4) is 0 Å². The molecule has 0 radical (unpaired) electrons. The highest BCUT2D eigenvalue weighted by molar-refractivity contribution is 5.82. The Morgan fingerprint density at radius 3 is 2.44 bits per heavy atom. The lowest BCUT2D eigenvalue weighted by Crippen LogP contribution is -2.38. The Morgan fingerprint density at radius 1 is 1.28 bits per heavy atom. The molecule has 3 heteroatoms. The smallest absolute Gasteiger partial charge is 0.228 e. The summed E-state index contributed by atoms with van der Waals surface area (Å²) in [5.74, 6) is 0.238. The summed E-state index contributed by atoms with van der Waals surface area (Å²) in [6.45, 7) is 6.81. The Kier molecular flexibility index (Phi) is 3.33. The first-order chi connectivity index (χ1) is 8.39. The third-order valence-electron chi connectivity index (χ3n) is 3.48. The highest BCUT2D eigenvalue weighted by Gasteiger charge is 2.35. The second kappa shape index (κ2) is 4.63. The van der Waals surface area contributed by atoms with E-state index in [1.807, 2.05) is 49.9 Å². The number of hydrogen-bond donors (Lipinski definition) is 1. The Labute approximate surface area is 109 Å². The summed E-state index contributed by atoms with van der Waals surface area (Å²) in [4.78, 5) is 14.4. The number of nitrogen functional groups attached to an aromatic ring is 1. The zero-order valence-corrected chi connectivity index (χ0v) is 11.4. The Hall–Kier alpha value is -1.51. The maximum Gasteiger partial charge on any atom is 0.228 e. The summed E-state index contributed by atoms with van der Waals surface area (Å²) in [6, 6.07) is 8.11. The van der Waals surface area contributed by atoms with Crippen molar-refractivity contribution in [2.45, 2.75) is 39.7 Å². The molecular weight excluding hydrogens is 224 g/mol. The number of carbonyl (C=O) groups is 1. The minimum Gasteiger partial charge on any atom is -0.399 e. The van der Waals surface area contributed by atoms with Gasteiger partial charge in [-0.25, -0.2) is 0 Å². The van der Waals surface area contributed by atoms with Gasteiger partial charge in [0.2, 0.25) is 5.91 Å². The van der Waals surface area contributed by atoms with Crippen molar-refractivity contribution in [2.75, 3.05) is 12.3 Å². The molecule has 2 rings (SSSR count). The summed E-state index contributed by atoms with van der Waals surface area (Å²) < 4.78 is 0. The van der Waals surface area contributed by atoms with Crippen molar-refractivity contribution in [1.29, 1.82) is 0 Å². The molecule has 0 saturated carbocycles. The molecule has 1 heterocycles. The average Bonchev–Trinajstić information content (AvgIpc) is 2.76. The van der Waals surface area contributed by atoms with Crippen LogP contribution < -0.4 is 5.73 Å². The number of likely N-dealkylation sites (tertiary alicyclic amines) is 1. The predicted octanol–water partition coefficient (Wildman–Crippen LogP) is 2.98. The van der Waals surface area contributed by atoms with Gasteiger partial charge in [-0.3, -0.25) is 4.79 Å². The zero-order chi connectivity index (χ0) is 13.3. The van der Waals surface area contributed by atoms with Crippen LogP contribution in [0.2, 0.25) is 0 Å². The molecule has 1 atom stereocenters. The van der Waals surface area contributed by atoms with Gasteiger partial charge >= 0.3 is 0 Å². The number of benzene rings is 1. The third kappa shape index (κ3) is 2.50. The lowest BCUT2D eigenvalue weighted by molar-refractivity contribution is -0.140. The second-order valence-corrected chi connectivity index (χ2v) is 6.07. The molecule has 1 aromatic rings. The van der Waals surface area contributed by atoms with E-state index in [0.29, 0.717) is 0 Å². The zero-order valence-electron chi connectivity index (χ0n) is 11.4. The average molecular weight is 246 g/mol. The molecule has 1 unspecified atom stereocenters. The van der Waals surface area contributed by atoms with Gasteiger partial charge in [-0.15, -0.1) is 0 Å². The highest BCUT2D eigenvalue weighted by atomic mass is 16.2. The van der Waals surface area contributed by atoms with Crippen molar-refractivity contribution < 1.29 is 4.79 Å². The van der Waals surface area contributed by atoms with Gasteiger partial charge in [-0.2, -0.15) is 0 Å². The third-order valence-corrected chi connectivity index (χ3v) is 3.48. The van der Waals surface area contributed by atoms with Crippen LogP contribution >= 0.6 is 0 Å². The fraction of sp³-hybridized carbons (Fsp3) is 0.533. The van der Waals surface area contributed by atoms with Gasteiger partial charge in [0.05, 0.1) is 6.04 Å². The van der Waals surface area contributed by atoms with Crippen molar-refractivity contribution in [3.8, 4) is 0 Å². The first-order valence-electron chi connectivity index (χ1n) is 6.56. The maximum atomic E-state index is 12.4.